The van der Waals surface area contributed by atoms with Crippen LogP contribution in [0.3, 0.4) is 0 Å². The van der Waals surface area contributed by atoms with E-state index in [1.165, 1.54) is 26.2 Å². The Labute approximate surface area is 110 Å². The van der Waals surface area contributed by atoms with Crippen molar-refractivity contribution in [2.75, 3.05) is 12.9 Å². The fraction of sp³-hybridized carbons (Fsp3) is 0.417. The molecule has 0 heterocycles. The number of hydrogen-bond donors (Lipinski definition) is 0. The fourth-order valence-electron chi connectivity index (χ4n) is 1.53. The van der Waals surface area contributed by atoms with Gasteiger partial charge in [-0.05, 0) is 24.6 Å². The number of halogens is 2. The van der Waals surface area contributed by atoms with Crippen LogP contribution >= 0.6 is 0 Å². The van der Waals surface area contributed by atoms with Gasteiger partial charge in [-0.3, -0.25) is 0 Å². The Morgan fingerprint density at radius 1 is 1.37 bits per heavy atom. The lowest BCUT2D eigenvalue weighted by Crippen LogP contribution is -2.13. The first-order valence-corrected chi connectivity index (χ1v) is 7.13. The van der Waals surface area contributed by atoms with Gasteiger partial charge >= 0.3 is 5.97 Å². The van der Waals surface area contributed by atoms with Gasteiger partial charge in [0.2, 0.25) is 6.43 Å². The quantitative estimate of drug-likeness (QED) is 0.781. The summed E-state index contributed by atoms with van der Waals surface area (Å²) >= 11 is 0. The molecule has 4 nitrogen and oxygen atoms in total. The maximum atomic E-state index is 12.1. The molecule has 0 aromatic heterocycles. The van der Waals surface area contributed by atoms with Crippen molar-refractivity contribution in [2.45, 2.75) is 24.7 Å². The summed E-state index contributed by atoms with van der Waals surface area (Å²) in [5, 5.41) is 0. The highest BCUT2D eigenvalue weighted by Crippen LogP contribution is 2.20. The normalized spacial score (nSPS) is 11.6. The lowest BCUT2D eigenvalue weighted by molar-refractivity contribution is 0.0600. The number of hydrogen-bond acceptors (Lipinski definition) is 4. The molecule has 0 unspecified atom stereocenters. The van der Waals surface area contributed by atoms with E-state index >= 15 is 0 Å². The van der Waals surface area contributed by atoms with Gasteiger partial charge in [0.1, 0.15) is 0 Å². The Bertz CT molecular complexity index is 567. The highest BCUT2D eigenvalue weighted by Gasteiger charge is 2.21. The number of rotatable bonds is 5. The van der Waals surface area contributed by atoms with E-state index in [9.17, 15) is 22.0 Å². The average molecular weight is 292 g/mol. The van der Waals surface area contributed by atoms with Gasteiger partial charge in [0.05, 0.1) is 23.3 Å². The lowest BCUT2D eigenvalue weighted by atomic mass is 10.1. The molecule has 0 bridgehead atoms. The number of esters is 1. The Hall–Kier alpha value is -1.50. The van der Waals surface area contributed by atoms with Gasteiger partial charge in [-0.15, -0.1) is 0 Å². The number of aryl methyl sites for hydroxylation is 1. The first kappa shape index (κ1) is 15.6. The molecule has 1 rings (SSSR count). The predicted molar refractivity (Wildman–Crippen MR) is 65.2 cm³/mol. The van der Waals surface area contributed by atoms with Crippen molar-refractivity contribution < 1.29 is 26.7 Å². The molecule has 0 N–H and O–H groups in total. The second kappa shape index (κ2) is 6.10. The minimum atomic E-state index is -3.84. The molecule has 0 saturated heterocycles. The molecule has 1 aromatic carbocycles. The molecule has 0 fully saturated rings. The van der Waals surface area contributed by atoms with Gasteiger partial charge in [-0.1, -0.05) is 6.07 Å². The number of alkyl halides is 2. The van der Waals surface area contributed by atoms with E-state index in [-0.39, 0.29) is 10.5 Å². The van der Waals surface area contributed by atoms with E-state index in [1.54, 1.807) is 0 Å². The van der Waals surface area contributed by atoms with Crippen LogP contribution in [-0.4, -0.2) is 33.7 Å². The van der Waals surface area contributed by atoms with Crippen molar-refractivity contribution in [1.82, 2.24) is 0 Å². The molecular formula is C12H14F2O4S. The monoisotopic (exact) mass is 292 g/mol. The number of sulfone groups is 1. The number of ether oxygens (including phenoxy) is 1. The van der Waals surface area contributed by atoms with Gasteiger partial charge in [0.25, 0.3) is 0 Å². The first-order valence-electron chi connectivity index (χ1n) is 5.48. The van der Waals surface area contributed by atoms with E-state index in [1.807, 2.05) is 0 Å². The van der Waals surface area contributed by atoms with E-state index < -0.39 is 34.4 Å². The maximum Gasteiger partial charge on any atom is 0.337 e. The summed E-state index contributed by atoms with van der Waals surface area (Å²) in [4.78, 5) is 11.2. The van der Waals surface area contributed by atoms with Crippen LogP contribution < -0.4 is 0 Å². The van der Waals surface area contributed by atoms with E-state index in [2.05, 4.69) is 4.74 Å². The second-order valence-corrected chi connectivity index (χ2v) is 6.05. The van der Waals surface area contributed by atoms with Crippen molar-refractivity contribution in [3.63, 3.8) is 0 Å². The minimum absolute atomic E-state index is 0.0729. The van der Waals surface area contributed by atoms with Crippen molar-refractivity contribution in [2.24, 2.45) is 0 Å². The Balaban J connectivity index is 3.15. The SMILES string of the molecule is COC(=O)c1ccc(C)c(S(=O)(=O)CCC(F)F)c1. The molecule has 0 atom stereocenters. The number of carbonyl (C=O) groups excluding carboxylic acids is 1. The van der Waals surface area contributed by atoms with Gasteiger partial charge in [0.15, 0.2) is 9.84 Å². The molecule has 19 heavy (non-hydrogen) atoms. The highest BCUT2D eigenvalue weighted by atomic mass is 32.2. The summed E-state index contributed by atoms with van der Waals surface area (Å²) in [6.07, 6.45) is -3.41. The summed E-state index contributed by atoms with van der Waals surface area (Å²) in [5.74, 6) is -1.33. The molecule has 106 valence electrons. The summed E-state index contributed by atoms with van der Waals surface area (Å²) in [5.41, 5.74) is 0.477. The standard InChI is InChI=1S/C12H14F2O4S/c1-8-3-4-9(12(15)18-2)7-10(8)19(16,17)6-5-11(13)14/h3-4,7,11H,5-6H2,1-2H3. The lowest BCUT2D eigenvalue weighted by Gasteiger charge is -2.09. The van der Waals surface area contributed by atoms with Crippen molar-refractivity contribution >= 4 is 15.8 Å². The van der Waals surface area contributed by atoms with Crippen LogP contribution in [0.25, 0.3) is 0 Å². The van der Waals surface area contributed by atoms with Crippen LogP contribution in [0.15, 0.2) is 23.1 Å². The van der Waals surface area contributed by atoms with Crippen molar-refractivity contribution in [1.29, 1.82) is 0 Å². The molecule has 0 spiro atoms. The number of carbonyl (C=O) groups is 1. The third-order valence-corrected chi connectivity index (χ3v) is 4.43. The van der Waals surface area contributed by atoms with E-state index in [0.717, 1.165) is 6.07 Å². The highest BCUT2D eigenvalue weighted by molar-refractivity contribution is 7.91. The minimum Gasteiger partial charge on any atom is -0.465 e. The van der Waals surface area contributed by atoms with Gasteiger partial charge in [0, 0.05) is 6.42 Å². The first-order chi connectivity index (χ1) is 8.77. The summed E-state index contributed by atoms with van der Waals surface area (Å²) in [6.45, 7) is 1.54. The number of methoxy groups -OCH3 is 1. The molecule has 0 radical (unpaired) electrons. The zero-order valence-corrected chi connectivity index (χ0v) is 11.3. The predicted octanol–water partition coefficient (Wildman–Crippen LogP) is 2.21. The Morgan fingerprint density at radius 2 is 2.00 bits per heavy atom. The van der Waals surface area contributed by atoms with Crippen LogP contribution in [0, 0.1) is 6.92 Å². The summed E-state index contributed by atoms with van der Waals surface area (Å²) in [6, 6.07) is 4.02. The number of benzene rings is 1. The third kappa shape index (κ3) is 3.99. The zero-order chi connectivity index (χ0) is 14.6. The van der Waals surface area contributed by atoms with Crippen LogP contribution in [0.1, 0.15) is 22.3 Å². The van der Waals surface area contributed by atoms with Gasteiger partial charge < -0.3 is 4.74 Å². The molecule has 0 aliphatic rings. The topological polar surface area (TPSA) is 60.4 Å². The molecule has 0 aliphatic heterocycles. The molecule has 0 aliphatic carbocycles. The van der Waals surface area contributed by atoms with Crippen molar-refractivity contribution in [3.05, 3.63) is 29.3 Å². The second-order valence-electron chi connectivity index (χ2n) is 3.97. The Kier molecular flexibility index (Phi) is 4.99. The van der Waals surface area contributed by atoms with E-state index in [0.29, 0.717) is 5.56 Å². The smallest absolute Gasteiger partial charge is 0.337 e. The van der Waals surface area contributed by atoms with Gasteiger partial charge in [-0.25, -0.2) is 22.0 Å². The van der Waals surface area contributed by atoms with Crippen LogP contribution in [0.2, 0.25) is 0 Å². The van der Waals surface area contributed by atoms with Gasteiger partial charge in [-0.2, -0.15) is 0 Å². The fourth-order valence-corrected chi connectivity index (χ4v) is 3.11. The summed E-state index contributed by atoms with van der Waals surface area (Å²) in [7, 11) is -2.66. The molecular weight excluding hydrogens is 278 g/mol. The van der Waals surface area contributed by atoms with Crippen molar-refractivity contribution in [3.8, 4) is 0 Å². The Morgan fingerprint density at radius 3 is 2.53 bits per heavy atom. The van der Waals surface area contributed by atoms with Crippen LogP contribution in [0.5, 0.6) is 0 Å². The largest absolute Gasteiger partial charge is 0.465 e. The molecule has 7 heteroatoms. The molecule has 1 aromatic rings. The zero-order valence-electron chi connectivity index (χ0n) is 10.5. The average Bonchev–Trinajstić information content (AvgIpc) is 2.36. The molecule has 0 saturated carbocycles. The van der Waals surface area contributed by atoms with E-state index in [4.69, 9.17) is 0 Å². The molecule has 0 amide bonds. The maximum absolute atomic E-state index is 12.1. The van der Waals surface area contributed by atoms with Crippen LogP contribution in [-0.2, 0) is 14.6 Å². The summed E-state index contributed by atoms with van der Waals surface area (Å²) < 4.78 is 52.6. The third-order valence-electron chi connectivity index (χ3n) is 2.55. The van der Waals surface area contributed by atoms with Crippen LogP contribution in [0.4, 0.5) is 8.78 Å².